The van der Waals surface area contributed by atoms with E-state index < -0.39 is 29.9 Å². The predicted molar refractivity (Wildman–Crippen MR) is 125 cm³/mol. The molecular formula is C25H39N3O5. The molecule has 0 aromatic heterocycles. The number of aliphatic hydroxyl groups is 1. The number of hydrogen-bond acceptors (Lipinski definition) is 6. The van der Waals surface area contributed by atoms with E-state index in [9.17, 15) is 14.7 Å². The average Bonchev–Trinajstić information content (AvgIpc) is 2.76. The molecule has 1 heterocycles. The predicted octanol–water partition coefficient (Wildman–Crippen LogP) is 2.78. The fourth-order valence-corrected chi connectivity index (χ4v) is 5.06. The summed E-state index contributed by atoms with van der Waals surface area (Å²) in [5.41, 5.74) is 8.35. The highest BCUT2D eigenvalue weighted by atomic mass is 16.7. The molecule has 33 heavy (non-hydrogen) atoms. The van der Waals surface area contributed by atoms with Crippen molar-refractivity contribution in [1.82, 2.24) is 10.4 Å². The van der Waals surface area contributed by atoms with Crippen molar-refractivity contribution in [2.24, 2.45) is 17.6 Å². The molecule has 1 aromatic rings. The molecule has 3 rings (SSSR count). The van der Waals surface area contributed by atoms with Crippen LogP contribution >= 0.6 is 0 Å². The first-order valence-electron chi connectivity index (χ1n) is 12.0. The molecule has 0 spiro atoms. The summed E-state index contributed by atoms with van der Waals surface area (Å²) in [6, 6.07) is 9.11. The summed E-state index contributed by atoms with van der Waals surface area (Å²) < 4.78 is 5.29. The highest BCUT2D eigenvalue weighted by molar-refractivity contribution is 5.81. The zero-order valence-corrected chi connectivity index (χ0v) is 20.0. The van der Waals surface area contributed by atoms with E-state index in [1.54, 1.807) is 0 Å². The lowest BCUT2D eigenvalue weighted by Gasteiger charge is -2.46. The molecule has 1 aliphatic heterocycles. The number of β-amino-alcohol motifs (C(OH)–C–C–N with tert-alkyl or cyclic N) is 1. The Bertz CT molecular complexity index is 782. The first-order chi connectivity index (χ1) is 15.6. The number of hydroxylamine groups is 1. The number of carbonyl (C=O) groups excluding carboxylic acids is 2. The maximum atomic E-state index is 13.1. The van der Waals surface area contributed by atoms with Gasteiger partial charge in [0.15, 0.2) is 0 Å². The van der Waals surface area contributed by atoms with Gasteiger partial charge in [0, 0.05) is 19.5 Å². The second-order valence-corrected chi connectivity index (χ2v) is 10.4. The van der Waals surface area contributed by atoms with Crippen molar-refractivity contribution in [3.8, 4) is 0 Å². The molecule has 1 saturated carbocycles. The van der Waals surface area contributed by atoms with Crippen molar-refractivity contribution < 1.29 is 24.3 Å². The summed E-state index contributed by atoms with van der Waals surface area (Å²) in [5.74, 6) is 0.805. The zero-order valence-electron chi connectivity index (χ0n) is 20.0. The minimum atomic E-state index is -0.989. The van der Waals surface area contributed by atoms with Gasteiger partial charge in [-0.2, -0.15) is 0 Å². The SMILES string of the molecule is CC(C)(C)ONC(=O)[C@@H]1C[C@@H]2CCCC[C@@H]2CN1C[C@H](O)[C@H](Cc1ccccc1)OC(N)=O. The van der Waals surface area contributed by atoms with Gasteiger partial charge in [-0.15, -0.1) is 0 Å². The summed E-state index contributed by atoms with van der Waals surface area (Å²) in [4.78, 5) is 32.2. The largest absolute Gasteiger partial charge is 0.443 e. The molecule has 2 aliphatic rings. The topological polar surface area (TPSA) is 114 Å². The lowest BCUT2D eigenvalue weighted by molar-refractivity contribution is -0.155. The van der Waals surface area contributed by atoms with E-state index in [0.29, 0.717) is 18.3 Å². The second kappa shape index (κ2) is 11.3. The molecule has 4 N–H and O–H groups in total. The van der Waals surface area contributed by atoms with Gasteiger partial charge in [-0.05, 0) is 51.0 Å². The van der Waals surface area contributed by atoms with Gasteiger partial charge in [0.05, 0.1) is 11.6 Å². The molecular weight excluding hydrogens is 422 g/mol. The van der Waals surface area contributed by atoms with Crippen molar-refractivity contribution in [3.05, 3.63) is 35.9 Å². The minimum Gasteiger partial charge on any atom is -0.443 e. The number of amides is 2. The van der Waals surface area contributed by atoms with E-state index >= 15 is 0 Å². The number of nitrogens with zero attached hydrogens (tertiary/aromatic N) is 1. The van der Waals surface area contributed by atoms with Crippen LogP contribution in [0.15, 0.2) is 30.3 Å². The number of piperidine rings is 1. The number of rotatable bonds is 8. The Hall–Kier alpha value is -2.16. The van der Waals surface area contributed by atoms with Gasteiger partial charge in [0.2, 0.25) is 0 Å². The van der Waals surface area contributed by atoms with Gasteiger partial charge >= 0.3 is 6.09 Å². The molecule has 1 saturated heterocycles. The monoisotopic (exact) mass is 461 g/mol. The molecule has 0 radical (unpaired) electrons. The Morgan fingerprint density at radius 3 is 2.48 bits per heavy atom. The quantitative estimate of drug-likeness (QED) is 0.513. The van der Waals surface area contributed by atoms with Crippen LogP contribution in [0, 0.1) is 11.8 Å². The summed E-state index contributed by atoms with van der Waals surface area (Å²) in [6.07, 6.45) is 3.02. The Labute approximate surface area is 196 Å². The van der Waals surface area contributed by atoms with Gasteiger partial charge in [0.25, 0.3) is 5.91 Å². The van der Waals surface area contributed by atoms with E-state index in [0.717, 1.165) is 31.4 Å². The van der Waals surface area contributed by atoms with E-state index in [1.807, 2.05) is 56.0 Å². The van der Waals surface area contributed by atoms with Crippen LogP contribution in [-0.2, 0) is 20.8 Å². The fourth-order valence-electron chi connectivity index (χ4n) is 5.06. The maximum Gasteiger partial charge on any atom is 0.404 e. The second-order valence-electron chi connectivity index (χ2n) is 10.4. The van der Waals surface area contributed by atoms with E-state index in [1.165, 1.54) is 12.8 Å². The molecule has 0 unspecified atom stereocenters. The molecule has 1 aliphatic carbocycles. The van der Waals surface area contributed by atoms with Crippen LogP contribution in [0.3, 0.4) is 0 Å². The van der Waals surface area contributed by atoms with Crippen LogP contribution in [0.1, 0.15) is 58.4 Å². The van der Waals surface area contributed by atoms with Crippen LogP contribution in [0.25, 0.3) is 0 Å². The number of benzene rings is 1. The molecule has 8 nitrogen and oxygen atoms in total. The highest BCUT2D eigenvalue weighted by Crippen LogP contribution is 2.38. The lowest BCUT2D eigenvalue weighted by Crippen LogP contribution is -2.58. The third-order valence-electron chi connectivity index (χ3n) is 6.66. The van der Waals surface area contributed by atoms with Crippen LogP contribution < -0.4 is 11.2 Å². The number of hydrogen-bond donors (Lipinski definition) is 3. The standard InChI is InChI=1S/C25H39N3O5/c1-25(2,3)33-27-23(30)20-14-18-11-7-8-12-19(18)15-28(20)16-21(29)22(32-24(26)31)13-17-9-5-4-6-10-17/h4-6,9-10,18-22,29H,7-8,11-16H2,1-3H3,(H2,26,31)(H,27,30)/t18-,19+,20-,21-,22-/m0/s1. The molecule has 2 amide bonds. The van der Waals surface area contributed by atoms with Gasteiger partial charge in [-0.25, -0.2) is 10.3 Å². The van der Waals surface area contributed by atoms with Gasteiger partial charge in [0.1, 0.15) is 12.2 Å². The van der Waals surface area contributed by atoms with E-state index in [4.69, 9.17) is 15.3 Å². The number of aliphatic hydroxyl groups excluding tert-OH is 1. The van der Waals surface area contributed by atoms with Gasteiger partial charge in [-0.1, -0.05) is 49.6 Å². The minimum absolute atomic E-state index is 0.198. The average molecular weight is 462 g/mol. The number of nitrogens with one attached hydrogen (secondary N) is 1. The first-order valence-corrected chi connectivity index (χ1v) is 12.0. The van der Waals surface area contributed by atoms with Crippen molar-refractivity contribution in [2.75, 3.05) is 13.1 Å². The highest BCUT2D eigenvalue weighted by Gasteiger charge is 2.41. The summed E-state index contributed by atoms with van der Waals surface area (Å²) >= 11 is 0. The van der Waals surface area contributed by atoms with Crippen molar-refractivity contribution in [2.45, 2.75) is 83.1 Å². The number of fused-ring (bicyclic) bond motifs is 1. The van der Waals surface area contributed by atoms with Gasteiger partial charge < -0.3 is 15.6 Å². The smallest absolute Gasteiger partial charge is 0.404 e. The number of ether oxygens (including phenoxy) is 1. The number of primary amides is 1. The zero-order chi connectivity index (χ0) is 24.0. The molecule has 8 heteroatoms. The lowest BCUT2D eigenvalue weighted by atomic mass is 9.72. The maximum absolute atomic E-state index is 13.1. The Morgan fingerprint density at radius 1 is 1.18 bits per heavy atom. The normalized spacial score (nSPS) is 25.5. The molecule has 1 aromatic carbocycles. The van der Waals surface area contributed by atoms with Crippen molar-refractivity contribution >= 4 is 12.0 Å². The van der Waals surface area contributed by atoms with Gasteiger partial charge in [-0.3, -0.25) is 14.5 Å². The summed E-state index contributed by atoms with van der Waals surface area (Å²) in [5, 5.41) is 11.1. The van der Waals surface area contributed by atoms with E-state index in [-0.39, 0.29) is 12.5 Å². The van der Waals surface area contributed by atoms with Crippen LogP contribution in [0.4, 0.5) is 4.79 Å². The first kappa shape index (κ1) is 25.5. The Morgan fingerprint density at radius 2 is 1.85 bits per heavy atom. The fraction of sp³-hybridized carbons (Fsp3) is 0.680. The number of likely N-dealkylation sites (tertiary alicyclic amines) is 1. The summed E-state index contributed by atoms with van der Waals surface area (Å²) in [6.45, 7) is 6.57. The molecule has 5 atom stereocenters. The van der Waals surface area contributed by atoms with Crippen LogP contribution in [0.5, 0.6) is 0 Å². The van der Waals surface area contributed by atoms with Crippen LogP contribution in [-0.4, -0.2) is 58.9 Å². The Balaban J connectivity index is 1.73. The molecule has 2 fully saturated rings. The van der Waals surface area contributed by atoms with Crippen molar-refractivity contribution in [1.29, 1.82) is 0 Å². The Kier molecular flexibility index (Phi) is 8.73. The van der Waals surface area contributed by atoms with Crippen LogP contribution in [0.2, 0.25) is 0 Å². The number of nitrogens with two attached hydrogens (primary N) is 1. The third-order valence-corrected chi connectivity index (χ3v) is 6.66. The summed E-state index contributed by atoms with van der Waals surface area (Å²) in [7, 11) is 0. The van der Waals surface area contributed by atoms with Crippen molar-refractivity contribution in [3.63, 3.8) is 0 Å². The molecule has 184 valence electrons. The third kappa shape index (κ3) is 7.69. The van der Waals surface area contributed by atoms with E-state index in [2.05, 4.69) is 5.48 Å². The molecule has 0 bridgehead atoms. The number of carbonyl (C=O) groups is 2.